The standard InChI is InChI=1S/C14H29N3O/c1-11(2)9-17-7-6-13(10-17)8-16-14(18)5-4-12(3)15/h11-13H,4-10,15H2,1-3H3,(H,16,18). The fraction of sp³-hybridized carbons (Fsp3) is 0.929. The van der Waals surface area contributed by atoms with Gasteiger partial charge in [-0.25, -0.2) is 0 Å². The quantitative estimate of drug-likeness (QED) is 0.719. The molecule has 0 aromatic rings. The Labute approximate surface area is 111 Å². The van der Waals surface area contributed by atoms with Gasteiger partial charge in [0.15, 0.2) is 0 Å². The number of rotatable bonds is 7. The van der Waals surface area contributed by atoms with E-state index in [1.807, 2.05) is 6.92 Å². The number of carbonyl (C=O) groups is 1. The Morgan fingerprint density at radius 3 is 2.78 bits per heavy atom. The van der Waals surface area contributed by atoms with Crippen LogP contribution in [0.4, 0.5) is 0 Å². The number of hydrogen-bond donors (Lipinski definition) is 2. The second-order valence-electron chi connectivity index (χ2n) is 6.13. The van der Waals surface area contributed by atoms with Crippen LogP contribution in [0.15, 0.2) is 0 Å². The number of likely N-dealkylation sites (tertiary alicyclic amines) is 1. The molecule has 0 spiro atoms. The largest absolute Gasteiger partial charge is 0.356 e. The summed E-state index contributed by atoms with van der Waals surface area (Å²) in [6.45, 7) is 10.8. The first kappa shape index (κ1) is 15.4. The van der Waals surface area contributed by atoms with Gasteiger partial charge in [0.2, 0.25) is 5.91 Å². The summed E-state index contributed by atoms with van der Waals surface area (Å²) in [5, 5.41) is 3.03. The zero-order valence-corrected chi connectivity index (χ0v) is 12.1. The van der Waals surface area contributed by atoms with Crippen LogP contribution in [0.3, 0.4) is 0 Å². The van der Waals surface area contributed by atoms with E-state index >= 15 is 0 Å². The van der Waals surface area contributed by atoms with Crippen molar-refractivity contribution < 1.29 is 4.79 Å². The third-order valence-electron chi connectivity index (χ3n) is 3.41. The molecule has 18 heavy (non-hydrogen) atoms. The van der Waals surface area contributed by atoms with Crippen LogP contribution in [0.5, 0.6) is 0 Å². The number of nitrogens with two attached hydrogens (primary N) is 1. The molecular formula is C14H29N3O. The Bertz CT molecular complexity index is 253. The van der Waals surface area contributed by atoms with Gasteiger partial charge in [0.1, 0.15) is 0 Å². The first-order valence-corrected chi connectivity index (χ1v) is 7.22. The van der Waals surface area contributed by atoms with Crippen LogP contribution in [-0.4, -0.2) is 43.0 Å². The van der Waals surface area contributed by atoms with Gasteiger partial charge in [-0.3, -0.25) is 4.79 Å². The lowest BCUT2D eigenvalue weighted by molar-refractivity contribution is -0.121. The molecular weight excluding hydrogens is 226 g/mol. The van der Waals surface area contributed by atoms with Crippen molar-refractivity contribution >= 4 is 5.91 Å². The van der Waals surface area contributed by atoms with Gasteiger partial charge in [-0.2, -0.15) is 0 Å². The molecule has 4 nitrogen and oxygen atoms in total. The molecule has 4 heteroatoms. The van der Waals surface area contributed by atoms with E-state index in [9.17, 15) is 4.79 Å². The number of amides is 1. The van der Waals surface area contributed by atoms with Crippen molar-refractivity contribution in [2.24, 2.45) is 17.6 Å². The number of hydrogen-bond acceptors (Lipinski definition) is 3. The normalized spacial score (nSPS) is 22.4. The SMILES string of the molecule is CC(C)CN1CCC(CNC(=O)CCC(C)N)C1. The molecule has 1 aliphatic rings. The third-order valence-corrected chi connectivity index (χ3v) is 3.41. The van der Waals surface area contributed by atoms with E-state index in [1.165, 1.54) is 19.5 Å². The van der Waals surface area contributed by atoms with Crippen molar-refractivity contribution in [2.75, 3.05) is 26.2 Å². The highest BCUT2D eigenvalue weighted by atomic mass is 16.1. The van der Waals surface area contributed by atoms with Crippen LogP contribution in [-0.2, 0) is 4.79 Å². The molecule has 0 radical (unpaired) electrons. The zero-order valence-electron chi connectivity index (χ0n) is 12.1. The van der Waals surface area contributed by atoms with Crippen LogP contribution >= 0.6 is 0 Å². The van der Waals surface area contributed by atoms with Gasteiger partial charge < -0.3 is 16.0 Å². The average molecular weight is 255 g/mol. The second-order valence-corrected chi connectivity index (χ2v) is 6.13. The van der Waals surface area contributed by atoms with Crippen molar-refractivity contribution in [1.82, 2.24) is 10.2 Å². The number of nitrogens with one attached hydrogen (secondary N) is 1. The fourth-order valence-corrected chi connectivity index (χ4v) is 2.47. The van der Waals surface area contributed by atoms with E-state index in [0.717, 1.165) is 25.4 Å². The van der Waals surface area contributed by atoms with E-state index in [4.69, 9.17) is 5.73 Å². The smallest absolute Gasteiger partial charge is 0.220 e. The summed E-state index contributed by atoms with van der Waals surface area (Å²) >= 11 is 0. The monoisotopic (exact) mass is 255 g/mol. The van der Waals surface area contributed by atoms with Crippen LogP contribution in [0, 0.1) is 11.8 Å². The molecule has 1 saturated heterocycles. The van der Waals surface area contributed by atoms with Crippen LogP contribution in [0.1, 0.15) is 40.0 Å². The van der Waals surface area contributed by atoms with Gasteiger partial charge in [-0.05, 0) is 38.1 Å². The minimum absolute atomic E-state index is 0.115. The molecule has 1 rings (SSSR count). The third kappa shape index (κ3) is 6.36. The summed E-state index contributed by atoms with van der Waals surface area (Å²) in [6, 6.07) is 0.115. The Balaban J connectivity index is 2.11. The molecule has 1 fully saturated rings. The van der Waals surface area contributed by atoms with Gasteiger partial charge in [-0.15, -0.1) is 0 Å². The van der Waals surface area contributed by atoms with Crippen molar-refractivity contribution in [3.63, 3.8) is 0 Å². The predicted molar refractivity (Wildman–Crippen MR) is 75.3 cm³/mol. The van der Waals surface area contributed by atoms with E-state index in [2.05, 4.69) is 24.1 Å². The van der Waals surface area contributed by atoms with Gasteiger partial charge in [0, 0.05) is 32.1 Å². The first-order valence-electron chi connectivity index (χ1n) is 7.22. The lowest BCUT2D eigenvalue weighted by Crippen LogP contribution is -2.32. The molecule has 0 aromatic heterocycles. The number of carbonyl (C=O) groups excluding carboxylic acids is 1. The topological polar surface area (TPSA) is 58.4 Å². The molecule has 0 saturated carbocycles. The molecule has 3 N–H and O–H groups in total. The van der Waals surface area contributed by atoms with Crippen molar-refractivity contribution in [3.8, 4) is 0 Å². The van der Waals surface area contributed by atoms with Crippen molar-refractivity contribution in [3.05, 3.63) is 0 Å². The van der Waals surface area contributed by atoms with Gasteiger partial charge in [0.05, 0.1) is 0 Å². The minimum atomic E-state index is 0.115. The summed E-state index contributed by atoms with van der Waals surface area (Å²) in [6.07, 6.45) is 2.54. The van der Waals surface area contributed by atoms with Crippen LogP contribution < -0.4 is 11.1 Å². The maximum atomic E-state index is 11.6. The van der Waals surface area contributed by atoms with E-state index in [-0.39, 0.29) is 11.9 Å². The summed E-state index contributed by atoms with van der Waals surface area (Å²) in [4.78, 5) is 14.1. The van der Waals surface area contributed by atoms with Crippen molar-refractivity contribution in [1.29, 1.82) is 0 Å². The highest BCUT2D eigenvalue weighted by molar-refractivity contribution is 5.75. The summed E-state index contributed by atoms with van der Waals surface area (Å²) < 4.78 is 0. The minimum Gasteiger partial charge on any atom is -0.356 e. The highest BCUT2D eigenvalue weighted by Gasteiger charge is 2.22. The molecule has 2 unspecified atom stereocenters. The summed E-state index contributed by atoms with van der Waals surface area (Å²) in [5.41, 5.74) is 5.64. The van der Waals surface area contributed by atoms with Crippen LogP contribution in [0.25, 0.3) is 0 Å². The van der Waals surface area contributed by atoms with E-state index in [1.54, 1.807) is 0 Å². The Morgan fingerprint density at radius 2 is 2.17 bits per heavy atom. The lowest BCUT2D eigenvalue weighted by atomic mass is 10.1. The lowest BCUT2D eigenvalue weighted by Gasteiger charge is -2.18. The predicted octanol–water partition coefficient (Wildman–Crippen LogP) is 1.21. The maximum Gasteiger partial charge on any atom is 0.220 e. The Hall–Kier alpha value is -0.610. The Kier molecular flexibility index (Phi) is 6.65. The van der Waals surface area contributed by atoms with Gasteiger partial charge in [-0.1, -0.05) is 13.8 Å². The Morgan fingerprint density at radius 1 is 1.44 bits per heavy atom. The fourth-order valence-electron chi connectivity index (χ4n) is 2.47. The molecule has 106 valence electrons. The zero-order chi connectivity index (χ0) is 13.5. The molecule has 0 aromatic carbocycles. The highest BCUT2D eigenvalue weighted by Crippen LogP contribution is 2.16. The van der Waals surface area contributed by atoms with Gasteiger partial charge in [0.25, 0.3) is 0 Å². The number of nitrogens with zero attached hydrogens (tertiary/aromatic N) is 1. The average Bonchev–Trinajstić information content (AvgIpc) is 2.70. The second kappa shape index (κ2) is 7.74. The summed E-state index contributed by atoms with van der Waals surface area (Å²) in [7, 11) is 0. The molecule has 2 atom stereocenters. The van der Waals surface area contributed by atoms with Crippen molar-refractivity contribution in [2.45, 2.75) is 46.1 Å². The first-order chi connectivity index (χ1) is 8.47. The van der Waals surface area contributed by atoms with E-state index in [0.29, 0.717) is 12.3 Å². The molecule has 1 heterocycles. The molecule has 0 bridgehead atoms. The van der Waals surface area contributed by atoms with Gasteiger partial charge >= 0.3 is 0 Å². The van der Waals surface area contributed by atoms with E-state index < -0.39 is 0 Å². The molecule has 1 aliphatic heterocycles. The summed E-state index contributed by atoms with van der Waals surface area (Å²) in [5.74, 6) is 1.50. The van der Waals surface area contributed by atoms with Crippen LogP contribution in [0.2, 0.25) is 0 Å². The molecule has 1 amide bonds. The maximum absolute atomic E-state index is 11.6. The molecule has 0 aliphatic carbocycles.